The van der Waals surface area contributed by atoms with Crippen molar-refractivity contribution in [2.24, 2.45) is 7.05 Å². The van der Waals surface area contributed by atoms with E-state index in [4.69, 9.17) is 9.94 Å². The van der Waals surface area contributed by atoms with E-state index in [2.05, 4.69) is 31.8 Å². The number of nitrogens with zero attached hydrogens (tertiary/aromatic N) is 2. The van der Waals surface area contributed by atoms with Gasteiger partial charge in [0.1, 0.15) is 12.4 Å². The number of rotatable bonds is 6. The summed E-state index contributed by atoms with van der Waals surface area (Å²) >= 11 is 3.16. The Morgan fingerprint density at radius 2 is 2.19 bits per heavy atom. The molecular weight excluding hydrogens is 411 g/mol. The molecule has 1 amide bonds. The molecule has 140 valence electrons. The topological polar surface area (TPSA) is 105 Å². The van der Waals surface area contributed by atoms with Crippen LogP contribution < -0.4 is 16.4 Å². The van der Waals surface area contributed by atoms with Crippen LogP contribution in [0.3, 0.4) is 0 Å². The van der Waals surface area contributed by atoms with E-state index in [9.17, 15) is 14.0 Å². The number of hydroxylamine groups is 1. The van der Waals surface area contributed by atoms with E-state index in [0.29, 0.717) is 4.47 Å². The summed E-state index contributed by atoms with van der Waals surface area (Å²) in [6.07, 6.45) is -0.778. The van der Waals surface area contributed by atoms with E-state index < -0.39 is 23.4 Å². The first-order valence-corrected chi connectivity index (χ1v) is 8.40. The van der Waals surface area contributed by atoms with Crippen LogP contribution in [0.5, 0.6) is 0 Å². The molecule has 3 N–H and O–H groups in total. The third-order valence-corrected chi connectivity index (χ3v) is 3.87. The van der Waals surface area contributed by atoms with Gasteiger partial charge in [-0.2, -0.15) is 5.10 Å². The molecule has 0 aliphatic rings. The summed E-state index contributed by atoms with van der Waals surface area (Å²) in [5.41, 5.74) is 1.86. The zero-order valence-electron chi connectivity index (χ0n) is 14.3. The van der Waals surface area contributed by atoms with Crippen LogP contribution in [0.25, 0.3) is 0 Å². The molecule has 0 radical (unpaired) electrons. The molecule has 1 heterocycles. The van der Waals surface area contributed by atoms with Crippen molar-refractivity contribution in [3.8, 4) is 0 Å². The summed E-state index contributed by atoms with van der Waals surface area (Å²) in [7, 11) is 1.40. The predicted molar refractivity (Wildman–Crippen MR) is 96.7 cm³/mol. The highest BCUT2D eigenvalue weighted by Crippen LogP contribution is 2.25. The number of amides is 1. The SMILES string of the molecule is Cc1c(Nc2ccc(Br)cc2F)c(C(=O)NOC[C@H](C)O)nn(C)c1=O. The molecule has 0 fully saturated rings. The molecular formula is C16H18BrFN4O4. The van der Waals surface area contributed by atoms with Crippen molar-refractivity contribution in [2.75, 3.05) is 11.9 Å². The van der Waals surface area contributed by atoms with E-state index in [1.54, 1.807) is 6.07 Å². The highest BCUT2D eigenvalue weighted by molar-refractivity contribution is 9.10. The summed E-state index contributed by atoms with van der Waals surface area (Å²) in [6, 6.07) is 4.32. The standard InChI is InChI=1S/C16H18BrFN4O4/c1-8(23)7-26-21-15(24)14-13(9(2)16(25)22(3)20-14)19-12-5-4-10(17)6-11(12)18/h4-6,8,19,23H,7H2,1-3H3,(H,21,24)/t8-/m0/s1. The molecule has 1 aromatic carbocycles. The van der Waals surface area contributed by atoms with Gasteiger partial charge < -0.3 is 10.4 Å². The van der Waals surface area contributed by atoms with E-state index in [0.717, 1.165) is 4.68 Å². The highest BCUT2D eigenvalue weighted by Gasteiger charge is 2.21. The fourth-order valence-electron chi connectivity index (χ4n) is 2.09. The van der Waals surface area contributed by atoms with Crippen molar-refractivity contribution < 1.29 is 19.1 Å². The summed E-state index contributed by atoms with van der Waals surface area (Å²) in [6.45, 7) is 2.86. The minimum absolute atomic E-state index is 0.0625. The number of aliphatic hydroxyl groups excluding tert-OH is 1. The minimum Gasteiger partial charge on any atom is -0.391 e. The number of halogens is 2. The van der Waals surface area contributed by atoms with E-state index in [1.807, 2.05) is 0 Å². The summed E-state index contributed by atoms with van der Waals surface area (Å²) in [4.78, 5) is 29.4. The predicted octanol–water partition coefficient (Wildman–Crippen LogP) is 1.78. The third kappa shape index (κ3) is 4.65. The number of nitrogens with one attached hydrogen (secondary N) is 2. The number of aryl methyl sites for hydroxylation is 1. The molecule has 0 saturated heterocycles. The number of carbonyl (C=O) groups excluding carboxylic acids is 1. The van der Waals surface area contributed by atoms with Crippen LogP contribution >= 0.6 is 15.9 Å². The van der Waals surface area contributed by atoms with Crippen molar-refractivity contribution >= 4 is 33.2 Å². The van der Waals surface area contributed by atoms with Gasteiger partial charge in [-0.3, -0.25) is 14.4 Å². The lowest BCUT2D eigenvalue weighted by Gasteiger charge is -2.15. The maximum Gasteiger partial charge on any atom is 0.297 e. The number of benzene rings is 1. The number of hydrogen-bond acceptors (Lipinski definition) is 6. The first-order valence-electron chi connectivity index (χ1n) is 7.61. The highest BCUT2D eigenvalue weighted by atomic mass is 79.9. The maximum atomic E-state index is 14.1. The Kier molecular flexibility index (Phi) is 6.46. The molecule has 8 nitrogen and oxygen atoms in total. The first kappa shape index (κ1) is 20.0. The maximum absolute atomic E-state index is 14.1. The van der Waals surface area contributed by atoms with Gasteiger partial charge in [-0.1, -0.05) is 15.9 Å². The second-order valence-electron chi connectivity index (χ2n) is 5.62. The van der Waals surface area contributed by atoms with Crippen molar-refractivity contribution in [2.45, 2.75) is 20.0 Å². The molecule has 10 heteroatoms. The molecule has 0 aliphatic heterocycles. The Hall–Kier alpha value is -2.30. The monoisotopic (exact) mass is 428 g/mol. The lowest BCUT2D eigenvalue weighted by Crippen LogP contribution is -2.33. The number of anilines is 2. The summed E-state index contributed by atoms with van der Waals surface area (Å²) in [5, 5.41) is 15.8. The second kappa shape index (κ2) is 8.39. The molecule has 0 saturated carbocycles. The Balaban J connectivity index is 2.41. The van der Waals surface area contributed by atoms with E-state index in [-0.39, 0.29) is 29.2 Å². The Labute approximate surface area is 157 Å². The number of aromatic nitrogens is 2. The van der Waals surface area contributed by atoms with Gasteiger partial charge in [0.2, 0.25) is 0 Å². The zero-order valence-corrected chi connectivity index (χ0v) is 15.9. The van der Waals surface area contributed by atoms with Crippen LogP contribution in [0.1, 0.15) is 23.0 Å². The van der Waals surface area contributed by atoms with Crippen LogP contribution in [-0.4, -0.2) is 33.5 Å². The molecule has 26 heavy (non-hydrogen) atoms. The third-order valence-electron chi connectivity index (χ3n) is 3.37. The van der Waals surface area contributed by atoms with Gasteiger partial charge in [0.05, 0.1) is 17.5 Å². The number of carbonyl (C=O) groups is 1. The van der Waals surface area contributed by atoms with Crippen molar-refractivity contribution in [3.05, 3.63) is 50.1 Å². The van der Waals surface area contributed by atoms with E-state index >= 15 is 0 Å². The van der Waals surface area contributed by atoms with Gasteiger partial charge in [0.15, 0.2) is 5.69 Å². The number of hydrogen-bond donors (Lipinski definition) is 3. The van der Waals surface area contributed by atoms with Crippen LogP contribution in [0.15, 0.2) is 27.5 Å². The first-order chi connectivity index (χ1) is 12.2. The fraction of sp³-hybridized carbons (Fsp3) is 0.312. The Morgan fingerprint density at radius 3 is 2.81 bits per heavy atom. The summed E-state index contributed by atoms with van der Waals surface area (Å²) < 4.78 is 15.7. The molecule has 0 spiro atoms. The number of aliphatic hydroxyl groups is 1. The van der Waals surface area contributed by atoms with Gasteiger partial charge >= 0.3 is 0 Å². The second-order valence-corrected chi connectivity index (χ2v) is 6.53. The zero-order chi connectivity index (χ0) is 19.4. The summed E-state index contributed by atoms with van der Waals surface area (Å²) in [5.74, 6) is -1.32. The molecule has 0 unspecified atom stereocenters. The molecule has 1 aromatic heterocycles. The van der Waals surface area contributed by atoms with Gasteiger partial charge in [-0.05, 0) is 32.0 Å². The lowest BCUT2D eigenvalue weighted by atomic mass is 10.2. The van der Waals surface area contributed by atoms with Crippen LogP contribution in [0.2, 0.25) is 0 Å². The molecule has 2 aromatic rings. The minimum atomic E-state index is -0.778. The van der Waals surface area contributed by atoms with Gasteiger partial charge in [0, 0.05) is 17.1 Å². The molecule has 0 bridgehead atoms. The quantitative estimate of drug-likeness (QED) is 0.605. The van der Waals surface area contributed by atoms with Crippen LogP contribution in [0.4, 0.5) is 15.8 Å². The van der Waals surface area contributed by atoms with Crippen molar-refractivity contribution in [1.29, 1.82) is 0 Å². The van der Waals surface area contributed by atoms with Gasteiger partial charge in [-0.15, -0.1) is 0 Å². The average Bonchev–Trinajstić information content (AvgIpc) is 2.56. The van der Waals surface area contributed by atoms with Gasteiger partial charge in [0.25, 0.3) is 11.5 Å². The molecule has 2 rings (SSSR count). The van der Waals surface area contributed by atoms with Crippen molar-refractivity contribution in [1.82, 2.24) is 15.3 Å². The van der Waals surface area contributed by atoms with Crippen LogP contribution in [0, 0.1) is 12.7 Å². The van der Waals surface area contributed by atoms with Gasteiger partial charge in [-0.25, -0.2) is 14.6 Å². The smallest absolute Gasteiger partial charge is 0.297 e. The molecule has 0 aliphatic carbocycles. The molecule has 1 atom stereocenters. The lowest BCUT2D eigenvalue weighted by molar-refractivity contribution is -0.00717. The normalized spacial score (nSPS) is 11.9. The Bertz CT molecular complexity index is 885. The van der Waals surface area contributed by atoms with Crippen LogP contribution in [-0.2, 0) is 11.9 Å². The largest absolute Gasteiger partial charge is 0.391 e. The van der Waals surface area contributed by atoms with Crippen molar-refractivity contribution in [3.63, 3.8) is 0 Å². The Morgan fingerprint density at radius 1 is 1.50 bits per heavy atom. The fourth-order valence-corrected chi connectivity index (χ4v) is 2.42. The van der Waals surface area contributed by atoms with E-state index in [1.165, 1.54) is 33.0 Å². The average molecular weight is 429 g/mol.